The molecule has 0 unspecified atom stereocenters. The van der Waals surface area contributed by atoms with E-state index < -0.39 is 6.10 Å². The van der Waals surface area contributed by atoms with Gasteiger partial charge in [-0.05, 0) is 44.2 Å². The normalized spacial score (nSPS) is 12.2. The predicted octanol–water partition coefficient (Wildman–Crippen LogP) is 5.60. The summed E-state index contributed by atoms with van der Waals surface area (Å²) in [5, 5.41) is 8.66. The molecule has 0 aliphatic carbocycles. The minimum absolute atomic E-state index is 0.402. The molecule has 6 heteroatoms. The third-order valence-electron chi connectivity index (χ3n) is 3.28. The highest BCUT2D eigenvalue weighted by Gasteiger charge is 2.17. The van der Waals surface area contributed by atoms with Crippen LogP contribution in [-0.4, -0.2) is 10.2 Å². The van der Waals surface area contributed by atoms with E-state index in [1.54, 1.807) is 12.1 Å². The average Bonchev–Trinajstić information content (AvgIpc) is 3.01. The van der Waals surface area contributed by atoms with Crippen LogP contribution >= 0.6 is 27.5 Å². The summed E-state index contributed by atoms with van der Waals surface area (Å²) < 4.78 is 12.4. The molecule has 0 bridgehead atoms. The van der Waals surface area contributed by atoms with Crippen molar-refractivity contribution in [1.82, 2.24) is 10.2 Å². The first-order valence-corrected chi connectivity index (χ1v) is 8.22. The first-order valence-electron chi connectivity index (χ1n) is 7.05. The van der Waals surface area contributed by atoms with Crippen molar-refractivity contribution in [2.24, 2.45) is 0 Å². The quantitative estimate of drug-likeness (QED) is 0.579. The summed E-state index contributed by atoms with van der Waals surface area (Å²) in [6.45, 7) is 3.87. The first-order chi connectivity index (χ1) is 11.0. The summed E-state index contributed by atoms with van der Waals surface area (Å²) >= 11 is 9.52. The molecular weight excluding hydrogens is 380 g/mol. The molecule has 1 atom stereocenters. The largest absolute Gasteiger partial charge is 0.479 e. The molecule has 0 amide bonds. The van der Waals surface area contributed by atoms with Crippen molar-refractivity contribution >= 4 is 27.5 Å². The average molecular weight is 394 g/mol. The fraction of sp³-hybridized carbons (Fsp3) is 0.176. The molecule has 0 spiro atoms. The Kier molecular flexibility index (Phi) is 4.68. The molecule has 0 N–H and O–H groups in total. The minimum atomic E-state index is -0.402. The fourth-order valence-corrected chi connectivity index (χ4v) is 2.74. The van der Waals surface area contributed by atoms with Crippen molar-refractivity contribution < 1.29 is 9.15 Å². The van der Waals surface area contributed by atoms with Gasteiger partial charge in [0.2, 0.25) is 5.89 Å². The van der Waals surface area contributed by atoms with Crippen molar-refractivity contribution in [3.63, 3.8) is 0 Å². The number of ether oxygens (including phenoxy) is 1. The summed E-state index contributed by atoms with van der Waals surface area (Å²) in [5.74, 6) is 1.44. The van der Waals surface area contributed by atoms with Crippen LogP contribution < -0.4 is 4.74 Å². The fourth-order valence-electron chi connectivity index (χ4n) is 2.02. The summed E-state index contributed by atoms with van der Waals surface area (Å²) in [6, 6.07) is 13.3. The van der Waals surface area contributed by atoms with Gasteiger partial charge in [-0.3, -0.25) is 0 Å². The number of halogens is 2. The molecule has 2 aromatic carbocycles. The number of hydrogen-bond donors (Lipinski definition) is 0. The van der Waals surface area contributed by atoms with Gasteiger partial charge in [-0.2, -0.15) is 0 Å². The van der Waals surface area contributed by atoms with E-state index in [0.717, 1.165) is 10.0 Å². The van der Waals surface area contributed by atoms with Crippen LogP contribution in [0.5, 0.6) is 5.75 Å². The van der Waals surface area contributed by atoms with Gasteiger partial charge >= 0.3 is 0 Å². The maximum Gasteiger partial charge on any atom is 0.257 e. The van der Waals surface area contributed by atoms with Gasteiger partial charge in [0.1, 0.15) is 5.75 Å². The Hall–Kier alpha value is -1.85. The van der Waals surface area contributed by atoms with Gasteiger partial charge in [-0.25, -0.2) is 0 Å². The first kappa shape index (κ1) is 16.0. The van der Waals surface area contributed by atoms with Crippen LogP contribution in [0, 0.1) is 6.92 Å². The van der Waals surface area contributed by atoms with Gasteiger partial charge in [0.05, 0.1) is 5.02 Å². The van der Waals surface area contributed by atoms with Gasteiger partial charge in [0, 0.05) is 10.0 Å². The van der Waals surface area contributed by atoms with E-state index in [1.165, 1.54) is 5.56 Å². The van der Waals surface area contributed by atoms with Crippen LogP contribution in [0.4, 0.5) is 0 Å². The van der Waals surface area contributed by atoms with Gasteiger partial charge in [0.25, 0.3) is 5.89 Å². The zero-order chi connectivity index (χ0) is 16.4. The molecule has 4 nitrogen and oxygen atoms in total. The van der Waals surface area contributed by atoms with Gasteiger partial charge in [-0.1, -0.05) is 45.2 Å². The topological polar surface area (TPSA) is 48.2 Å². The molecule has 23 heavy (non-hydrogen) atoms. The van der Waals surface area contributed by atoms with E-state index in [0.29, 0.717) is 22.6 Å². The lowest BCUT2D eigenvalue weighted by Gasteiger charge is -2.12. The molecule has 3 rings (SSSR count). The Morgan fingerprint density at radius 3 is 2.57 bits per heavy atom. The van der Waals surface area contributed by atoms with Gasteiger partial charge in [0.15, 0.2) is 6.10 Å². The Balaban J connectivity index is 1.78. The second-order valence-corrected chi connectivity index (χ2v) is 6.47. The van der Waals surface area contributed by atoms with Crippen molar-refractivity contribution in [3.8, 4) is 17.2 Å². The lowest BCUT2D eigenvalue weighted by molar-refractivity contribution is 0.190. The van der Waals surface area contributed by atoms with E-state index in [4.69, 9.17) is 20.8 Å². The number of aryl methyl sites for hydroxylation is 1. The molecule has 0 aliphatic rings. The molecule has 0 saturated heterocycles. The smallest absolute Gasteiger partial charge is 0.257 e. The van der Waals surface area contributed by atoms with Crippen LogP contribution in [0.2, 0.25) is 5.02 Å². The van der Waals surface area contributed by atoms with Crippen molar-refractivity contribution in [2.45, 2.75) is 20.0 Å². The Labute approximate surface area is 147 Å². The molecule has 1 aromatic heterocycles. The second-order valence-electron chi connectivity index (χ2n) is 5.15. The lowest BCUT2D eigenvalue weighted by atomic mass is 10.1. The van der Waals surface area contributed by atoms with E-state index in [-0.39, 0.29) is 0 Å². The number of benzene rings is 2. The summed E-state index contributed by atoms with van der Waals surface area (Å²) in [6.07, 6.45) is -0.402. The third kappa shape index (κ3) is 3.74. The summed E-state index contributed by atoms with van der Waals surface area (Å²) in [5.41, 5.74) is 2.05. The predicted molar refractivity (Wildman–Crippen MR) is 92.7 cm³/mol. The Morgan fingerprint density at radius 2 is 1.87 bits per heavy atom. The van der Waals surface area contributed by atoms with Gasteiger partial charge < -0.3 is 9.15 Å². The molecular formula is C17H14BrClN2O2. The van der Waals surface area contributed by atoms with Crippen molar-refractivity contribution in [2.75, 3.05) is 0 Å². The van der Waals surface area contributed by atoms with Crippen LogP contribution in [0.1, 0.15) is 24.5 Å². The zero-order valence-corrected chi connectivity index (χ0v) is 14.9. The molecule has 0 radical (unpaired) electrons. The molecule has 0 aliphatic heterocycles. The minimum Gasteiger partial charge on any atom is -0.479 e. The second kappa shape index (κ2) is 6.72. The van der Waals surface area contributed by atoms with E-state index in [2.05, 4.69) is 26.1 Å². The third-order valence-corrected chi connectivity index (χ3v) is 4.07. The van der Waals surface area contributed by atoms with Gasteiger partial charge in [-0.15, -0.1) is 10.2 Å². The van der Waals surface area contributed by atoms with Crippen molar-refractivity contribution in [3.05, 3.63) is 63.4 Å². The Morgan fingerprint density at radius 1 is 1.13 bits per heavy atom. The summed E-state index contributed by atoms with van der Waals surface area (Å²) in [4.78, 5) is 0. The van der Waals surface area contributed by atoms with Crippen LogP contribution in [0.25, 0.3) is 11.5 Å². The maximum atomic E-state index is 6.16. The zero-order valence-electron chi connectivity index (χ0n) is 12.6. The highest BCUT2D eigenvalue weighted by atomic mass is 79.9. The van der Waals surface area contributed by atoms with Crippen molar-refractivity contribution in [1.29, 1.82) is 0 Å². The van der Waals surface area contributed by atoms with E-state index in [9.17, 15) is 0 Å². The lowest BCUT2D eigenvalue weighted by Crippen LogP contribution is -2.03. The number of hydrogen-bond acceptors (Lipinski definition) is 4. The molecule has 3 aromatic rings. The van der Waals surface area contributed by atoms with E-state index in [1.807, 2.05) is 44.2 Å². The Bertz CT molecular complexity index is 818. The number of rotatable bonds is 4. The number of aromatic nitrogens is 2. The van der Waals surface area contributed by atoms with Crippen LogP contribution in [-0.2, 0) is 0 Å². The van der Waals surface area contributed by atoms with E-state index >= 15 is 0 Å². The monoisotopic (exact) mass is 392 g/mol. The molecule has 118 valence electrons. The van der Waals surface area contributed by atoms with Crippen LogP contribution in [0.3, 0.4) is 0 Å². The molecule has 1 heterocycles. The highest BCUT2D eigenvalue weighted by Crippen LogP contribution is 2.31. The standard InChI is InChI=1S/C17H14BrClN2O2/c1-10-3-5-12(6-4-10)17-21-20-16(23-17)11(2)22-15-8-7-13(18)9-14(15)19/h3-9,11H,1-2H3/t11-/m1/s1. The molecule has 0 fully saturated rings. The van der Waals surface area contributed by atoms with Crippen LogP contribution in [0.15, 0.2) is 51.4 Å². The maximum absolute atomic E-state index is 6.16. The summed E-state index contributed by atoms with van der Waals surface area (Å²) in [7, 11) is 0. The molecule has 0 saturated carbocycles. The highest BCUT2D eigenvalue weighted by molar-refractivity contribution is 9.10. The number of nitrogens with zero attached hydrogens (tertiary/aromatic N) is 2. The SMILES string of the molecule is Cc1ccc(-c2nnc([C@@H](C)Oc3ccc(Br)cc3Cl)o2)cc1.